The number of nitrogens with zero attached hydrogens (tertiary/aromatic N) is 1. The fourth-order valence-electron chi connectivity index (χ4n) is 4.76. The summed E-state index contributed by atoms with van der Waals surface area (Å²) in [6, 6.07) is 10.2. The number of nitrogens with two attached hydrogens (primary N) is 1. The van der Waals surface area contributed by atoms with E-state index in [4.69, 9.17) is 26.8 Å². The summed E-state index contributed by atoms with van der Waals surface area (Å²) in [7, 11) is 0. The SMILES string of the molecule is NC1=NC2(CO1)c1cc(-c3cc(Cl)ccc3F)ccc1OC1CCC(O)CC12. The Morgan fingerprint density at radius 1 is 1.21 bits per heavy atom. The molecule has 1 fully saturated rings. The van der Waals surface area contributed by atoms with Gasteiger partial charge in [0.05, 0.1) is 6.10 Å². The maximum Gasteiger partial charge on any atom is 0.283 e. The van der Waals surface area contributed by atoms with Crippen molar-refractivity contribution in [3.8, 4) is 16.9 Å². The van der Waals surface area contributed by atoms with Gasteiger partial charge in [0.15, 0.2) is 0 Å². The van der Waals surface area contributed by atoms with Crippen molar-refractivity contribution in [3.05, 3.63) is 52.8 Å². The standard InChI is InChI=1S/C21H20ClFN2O3/c22-12-2-4-17(23)14(8-12)11-1-5-18-15(7-11)21(10-27-20(24)25-21)16-9-13(26)3-6-19(16)28-18/h1-2,4-5,7-8,13,16,19,26H,3,6,9-10H2,(H2,24,25). The minimum Gasteiger partial charge on any atom is -0.490 e. The Labute approximate surface area is 166 Å². The molecule has 0 amide bonds. The summed E-state index contributed by atoms with van der Waals surface area (Å²) < 4.78 is 26.3. The quantitative estimate of drug-likeness (QED) is 0.764. The number of amidine groups is 1. The van der Waals surface area contributed by atoms with Crippen molar-refractivity contribution in [1.29, 1.82) is 0 Å². The number of aliphatic hydroxyl groups is 1. The molecule has 0 bridgehead atoms. The Bertz CT molecular complexity index is 982. The molecule has 3 N–H and O–H groups in total. The van der Waals surface area contributed by atoms with E-state index in [0.29, 0.717) is 34.7 Å². The highest BCUT2D eigenvalue weighted by Crippen LogP contribution is 2.53. The molecule has 2 aromatic rings. The lowest BCUT2D eigenvalue weighted by Gasteiger charge is -2.47. The maximum atomic E-state index is 14.4. The molecule has 1 aliphatic carbocycles. The van der Waals surface area contributed by atoms with Crippen LogP contribution in [-0.2, 0) is 10.3 Å². The van der Waals surface area contributed by atoms with Gasteiger partial charge < -0.3 is 20.3 Å². The van der Waals surface area contributed by atoms with E-state index in [9.17, 15) is 9.50 Å². The first-order valence-electron chi connectivity index (χ1n) is 9.39. The Morgan fingerprint density at radius 3 is 2.86 bits per heavy atom. The largest absolute Gasteiger partial charge is 0.490 e. The van der Waals surface area contributed by atoms with Gasteiger partial charge in [-0.25, -0.2) is 9.38 Å². The maximum absolute atomic E-state index is 14.4. The first kappa shape index (κ1) is 17.8. The average molecular weight is 403 g/mol. The van der Waals surface area contributed by atoms with Crippen LogP contribution in [0.2, 0.25) is 5.02 Å². The highest BCUT2D eigenvalue weighted by molar-refractivity contribution is 6.30. The van der Waals surface area contributed by atoms with Crippen LogP contribution in [0.15, 0.2) is 41.4 Å². The summed E-state index contributed by atoms with van der Waals surface area (Å²) in [6.45, 7) is 0.282. The van der Waals surface area contributed by atoms with Crippen LogP contribution in [0.1, 0.15) is 24.8 Å². The topological polar surface area (TPSA) is 77.1 Å². The summed E-state index contributed by atoms with van der Waals surface area (Å²) in [4.78, 5) is 4.68. The number of aliphatic hydroxyl groups excluding tert-OH is 1. The average Bonchev–Trinajstić information content (AvgIpc) is 3.07. The van der Waals surface area contributed by atoms with Gasteiger partial charge >= 0.3 is 0 Å². The van der Waals surface area contributed by atoms with Crippen LogP contribution >= 0.6 is 11.6 Å². The molecule has 1 saturated carbocycles. The Hall–Kier alpha value is -2.31. The van der Waals surface area contributed by atoms with Crippen LogP contribution in [-0.4, -0.2) is 29.9 Å². The van der Waals surface area contributed by atoms with Crippen molar-refractivity contribution >= 4 is 17.6 Å². The molecule has 5 nitrogen and oxygen atoms in total. The van der Waals surface area contributed by atoms with Crippen LogP contribution < -0.4 is 10.5 Å². The van der Waals surface area contributed by atoms with E-state index in [-0.39, 0.29) is 30.5 Å². The number of aliphatic imine (C=N–C) groups is 1. The molecule has 2 heterocycles. The fraction of sp³-hybridized carbons (Fsp3) is 0.381. The number of hydrogen-bond donors (Lipinski definition) is 2. The van der Waals surface area contributed by atoms with E-state index in [1.165, 1.54) is 12.1 Å². The molecule has 5 rings (SSSR count). The van der Waals surface area contributed by atoms with E-state index < -0.39 is 11.6 Å². The van der Waals surface area contributed by atoms with Gasteiger partial charge in [-0.05, 0) is 55.2 Å². The van der Waals surface area contributed by atoms with Gasteiger partial charge in [0, 0.05) is 22.1 Å². The second-order valence-electron chi connectivity index (χ2n) is 7.73. The predicted octanol–water partition coefficient (Wildman–Crippen LogP) is 3.61. The van der Waals surface area contributed by atoms with Crippen molar-refractivity contribution in [1.82, 2.24) is 0 Å². The Balaban J connectivity index is 1.68. The lowest BCUT2D eigenvalue weighted by molar-refractivity contribution is -0.0359. The molecular weight excluding hydrogens is 383 g/mol. The minimum atomic E-state index is -0.741. The second-order valence-corrected chi connectivity index (χ2v) is 8.16. The number of fused-ring (bicyclic) bond motifs is 4. The molecular formula is C21H20ClFN2O3. The van der Waals surface area contributed by atoms with Crippen molar-refractivity contribution in [3.63, 3.8) is 0 Å². The molecule has 4 atom stereocenters. The molecule has 7 heteroatoms. The van der Waals surface area contributed by atoms with Gasteiger partial charge in [0.1, 0.15) is 29.8 Å². The Kier molecular flexibility index (Phi) is 4.03. The van der Waals surface area contributed by atoms with Gasteiger partial charge in [-0.1, -0.05) is 17.7 Å². The molecule has 0 aromatic heterocycles. The van der Waals surface area contributed by atoms with Crippen LogP contribution in [0.25, 0.3) is 11.1 Å². The lowest BCUT2D eigenvalue weighted by atomic mass is 9.67. The predicted molar refractivity (Wildman–Crippen MR) is 104 cm³/mol. The number of benzene rings is 2. The van der Waals surface area contributed by atoms with E-state index in [0.717, 1.165) is 12.0 Å². The summed E-state index contributed by atoms with van der Waals surface area (Å²) >= 11 is 6.08. The van der Waals surface area contributed by atoms with Crippen molar-refractivity contribution in [2.24, 2.45) is 16.6 Å². The van der Waals surface area contributed by atoms with Gasteiger partial charge in [-0.3, -0.25) is 0 Å². The summed E-state index contributed by atoms with van der Waals surface area (Å²) in [5.41, 5.74) is 7.05. The number of halogens is 2. The molecule has 3 aliphatic rings. The third-order valence-electron chi connectivity index (χ3n) is 6.09. The summed E-state index contributed by atoms with van der Waals surface area (Å²) in [5, 5.41) is 10.7. The smallest absolute Gasteiger partial charge is 0.283 e. The zero-order valence-corrected chi connectivity index (χ0v) is 15.8. The molecule has 146 valence electrons. The van der Waals surface area contributed by atoms with Crippen LogP contribution in [0.4, 0.5) is 4.39 Å². The first-order chi connectivity index (χ1) is 13.5. The molecule has 4 unspecified atom stereocenters. The highest BCUT2D eigenvalue weighted by Gasteiger charge is 2.55. The van der Waals surface area contributed by atoms with Crippen LogP contribution in [0.5, 0.6) is 5.75 Å². The lowest BCUT2D eigenvalue weighted by Crippen LogP contribution is -2.51. The van der Waals surface area contributed by atoms with Crippen LogP contribution in [0, 0.1) is 11.7 Å². The molecule has 2 aliphatic heterocycles. The summed E-state index contributed by atoms with van der Waals surface area (Å²) in [5.74, 6) is 0.280. The van der Waals surface area contributed by atoms with E-state index in [2.05, 4.69) is 4.99 Å². The van der Waals surface area contributed by atoms with Crippen molar-refractivity contribution < 1.29 is 19.0 Å². The molecule has 2 aromatic carbocycles. The second kappa shape index (κ2) is 6.36. The summed E-state index contributed by atoms with van der Waals surface area (Å²) in [6.07, 6.45) is 1.52. The normalized spacial score (nSPS) is 30.8. The van der Waals surface area contributed by atoms with E-state index in [1.54, 1.807) is 6.07 Å². The molecule has 1 spiro atoms. The van der Waals surface area contributed by atoms with Gasteiger partial charge in [-0.15, -0.1) is 0 Å². The molecule has 0 radical (unpaired) electrons. The van der Waals surface area contributed by atoms with Crippen molar-refractivity contribution in [2.45, 2.75) is 37.0 Å². The third kappa shape index (κ3) is 2.66. The number of hydrogen-bond acceptors (Lipinski definition) is 5. The zero-order valence-electron chi connectivity index (χ0n) is 15.1. The monoisotopic (exact) mass is 402 g/mol. The fourth-order valence-corrected chi connectivity index (χ4v) is 4.93. The van der Waals surface area contributed by atoms with E-state index >= 15 is 0 Å². The minimum absolute atomic E-state index is 0.0655. The van der Waals surface area contributed by atoms with Gasteiger partial charge in [-0.2, -0.15) is 0 Å². The molecule has 28 heavy (non-hydrogen) atoms. The Morgan fingerprint density at radius 2 is 2.07 bits per heavy atom. The van der Waals surface area contributed by atoms with Gasteiger partial charge in [0.25, 0.3) is 6.02 Å². The number of rotatable bonds is 1. The van der Waals surface area contributed by atoms with Crippen molar-refractivity contribution in [2.75, 3.05) is 6.61 Å². The zero-order chi connectivity index (χ0) is 19.5. The van der Waals surface area contributed by atoms with Crippen LogP contribution in [0.3, 0.4) is 0 Å². The first-order valence-corrected chi connectivity index (χ1v) is 9.77. The number of ether oxygens (including phenoxy) is 2. The highest BCUT2D eigenvalue weighted by atomic mass is 35.5. The third-order valence-corrected chi connectivity index (χ3v) is 6.32. The van der Waals surface area contributed by atoms with E-state index in [1.807, 2.05) is 18.2 Å². The van der Waals surface area contributed by atoms with Gasteiger partial charge in [0.2, 0.25) is 0 Å². The molecule has 0 saturated heterocycles.